The predicted octanol–water partition coefficient (Wildman–Crippen LogP) is 3.71. The number of ether oxygens (including phenoxy) is 1. The molecule has 2 aromatic carbocycles. The number of phenols is 1. The van der Waals surface area contributed by atoms with E-state index in [9.17, 15) is 9.90 Å². The van der Waals surface area contributed by atoms with Gasteiger partial charge in [-0.1, -0.05) is 18.2 Å². The van der Waals surface area contributed by atoms with Crippen LogP contribution in [0.15, 0.2) is 53.1 Å². The second kappa shape index (κ2) is 7.94. The zero-order valence-corrected chi connectivity index (χ0v) is 17.1. The molecular weight excluding hydrogens is 382 g/mol. The van der Waals surface area contributed by atoms with E-state index in [0.29, 0.717) is 28.7 Å². The Balaban J connectivity index is 1.45. The number of aromatic hydroxyl groups is 1. The maximum Gasteiger partial charge on any atom is 0.226 e. The minimum absolute atomic E-state index is 0.00999. The van der Waals surface area contributed by atoms with Crippen molar-refractivity contribution in [2.45, 2.75) is 19.9 Å². The van der Waals surface area contributed by atoms with E-state index in [-0.39, 0.29) is 24.6 Å². The van der Waals surface area contributed by atoms with Gasteiger partial charge in [-0.15, -0.1) is 0 Å². The molecule has 0 bridgehead atoms. The zero-order valence-electron chi connectivity index (χ0n) is 17.1. The number of carbonyl (C=O) groups is 1. The summed E-state index contributed by atoms with van der Waals surface area (Å²) in [6.45, 7) is 2.06. The van der Waals surface area contributed by atoms with Crippen molar-refractivity contribution >= 4 is 16.8 Å². The molecule has 0 aliphatic heterocycles. The van der Waals surface area contributed by atoms with Gasteiger partial charge in [0.05, 0.1) is 20.1 Å². The molecule has 2 heterocycles. The summed E-state index contributed by atoms with van der Waals surface area (Å²) in [4.78, 5) is 17.0. The highest BCUT2D eigenvalue weighted by Crippen LogP contribution is 2.31. The number of para-hydroxylation sites is 1. The van der Waals surface area contributed by atoms with Crippen LogP contribution in [0.25, 0.3) is 22.4 Å². The molecule has 0 fully saturated rings. The van der Waals surface area contributed by atoms with Gasteiger partial charge >= 0.3 is 0 Å². The Bertz CT molecular complexity index is 1220. The number of methoxy groups -OCH3 is 1. The first-order chi connectivity index (χ1) is 14.5. The van der Waals surface area contributed by atoms with E-state index in [1.54, 1.807) is 19.1 Å². The molecule has 2 N–H and O–H groups in total. The Morgan fingerprint density at radius 2 is 2.07 bits per heavy atom. The minimum Gasteiger partial charge on any atom is -0.504 e. The number of phenolic OH excluding ortho intramolecular Hbond substituents is 1. The molecule has 154 valence electrons. The molecule has 0 saturated heterocycles. The molecule has 0 atom stereocenters. The molecule has 1 amide bonds. The van der Waals surface area contributed by atoms with Crippen LogP contribution in [-0.4, -0.2) is 27.7 Å². The van der Waals surface area contributed by atoms with Crippen molar-refractivity contribution in [3.63, 3.8) is 0 Å². The van der Waals surface area contributed by atoms with Gasteiger partial charge < -0.3 is 24.1 Å². The van der Waals surface area contributed by atoms with Crippen LogP contribution in [-0.2, 0) is 24.8 Å². The van der Waals surface area contributed by atoms with Gasteiger partial charge in [0, 0.05) is 29.7 Å². The summed E-state index contributed by atoms with van der Waals surface area (Å²) in [6, 6.07) is 13.0. The van der Waals surface area contributed by atoms with Crippen LogP contribution < -0.4 is 10.1 Å². The lowest BCUT2D eigenvalue weighted by Crippen LogP contribution is -2.25. The fourth-order valence-corrected chi connectivity index (χ4v) is 3.52. The molecule has 7 nitrogen and oxygen atoms in total. The molecule has 30 heavy (non-hydrogen) atoms. The number of rotatable bonds is 6. The quantitative estimate of drug-likeness (QED) is 0.510. The molecule has 7 heteroatoms. The average Bonchev–Trinajstić information content (AvgIpc) is 3.26. The highest BCUT2D eigenvalue weighted by Gasteiger charge is 2.15. The summed E-state index contributed by atoms with van der Waals surface area (Å²) in [5.74, 6) is 1.30. The van der Waals surface area contributed by atoms with Crippen molar-refractivity contribution in [1.82, 2.24) is 14.9 Å². The number of oxazole rings is 1. The number of aromatic nitrogens is 2. The molecule has 4 rings (SSSR count). The van der Waals surface area contributed by atoms with Crippen LogP contribution in [0.3, 0.4) is 0 Å². The van der Waals surface area contributed by atoms with Gasteiger partial charge in [0.2, 0.25) is 11.8 Å². The second-order valence-electron chi connectivity index (χ2n) is 7.14. The Kier molecular flexibility index (Phi) is 5.18. The third-order valence-corrected chi connectivity index (χ3v) is 5.10. The topological polar surface area (TPSA) is 89.5 Å². The minimum atomic E-state index is -0.0857. The van der Waals surface area contributed by atoms with E-state index in [1.807, 2.05) is 42.1 Å². The van der Waals surface area contributed by atoms with E-state index < -0.39 is 0 Å². The van der Waals surface area contributed by atoms with Crippen molar-refractivity contribution in [2.75, 3.05) is 7.11 Å². The number of carbonyl (C=O) groups excluding carboxylic acids is 1. The first-order valence-corrected chi connectivity index (χ1v) is 9.59. The number of nitrogens with one attached hydrogen (secondary N) is 1. The maximum absolute atomic E-state index is 12.5. The van der Waals surface area contributed by atoms with Crippen LogP contribution in [0.4, 0.5) is 0 Å². The van der Waals surface area contributed by atoms with E-state index in [2.05, 4.69) is 10.3 Å². The van der Waals surface area contributed by atoms with Crippen molar-refractivity contribution in [3.8, 4) is 23.0 Å². The van der Waals surface area contributed by atoms with E-state index in [4.69, 9.17) is 9.15 Å². The third kappa shape index (κ3) is 3.74. The molecule has 2 aromatic heterocycles. The number of hydrogen-bond acceptors (Lipinski definition) is 5. The van der Waals surface area contributed by atoms with Crippen LogP contribution in [0.2, 0.25) is 0 Å². The number of fused-ring (bicyclic) bond motifs is 1. The smallest absolute Gasteiger partial charge is 0.226 e. The SMILES string of the molecule is COc1ccc(-c2nc(CNC(=O)Cc3cn(C)c4ccccc34)c(C)o2)cc1O. The summed E-state index contributed by atoms with van der Waals surface area (Å²) in [5.41, 5.74) is 3.35. The summed E-state index contributed by atoms with van der Waals surface area (Å²) in [7, 11) is 3.46. The lowest BCUT2D eigenvalue weighted by molar-refractivity contribution is -0.120. The average molecular weight is 405 g/mol. The third-order valence-electron chi connectivity index (χ3n) is 5.10. The van der Waals surface area contributed by atoms with E-state index >= 15 is 0 Å². The van der Waals surface area contributed by atoms with E-state index in [0.717, 1.165) is 16.5 Å². The molecule has 0 aliphatic rings. The van der Waals surface area contributed by atoms with Gasteiger partial charge in [0.25, 0.3) is 0 Å². The molecule has 0 aliphatic carbocycles. The van der Waals surface area contributed by atoms with E-state index in [1.165, 1.54) is 13.2 Å². The molecule has 0 radical (unpaired) electrons. The summed E-state index contributed by atoms with van der Waals surface area (Å²) in [5, 5.41) is 14.0. The fourth-order valence-electron chi connectivity index (χ4n) is 3.52. The van der Waals surface area contributed by atoms with Crippen LogP contribution in [0.5, 0.6) is 11.5 Å². The van der Waals surface area contributed by atoms with Gasteiger partial charge in [-0.3, -0.25) is 4.79 Å². The number of nitrogens with zero attached hydrogens (tertiary/aromatic N) is 2. The zero-order chi connectivity index (χ0) is 21.3. The Labute approximate surface area is 173 Å². The van der Waals surface area contributed by atoms with Crippen molar-refractivity contribution in [2.24, 2.45) is 7.05 Å². The van der Waals surface area contributed by atoms with Crippen molar-refractivity contribution in [3.05, 3.63) is 65.7 Å². The highest BCUT2D eigenvalue weighted by molar-refractivity contribution is 5.89. The number of amides is 1. The normalized spacial score (nSPS) is 11.0. The lowest BCUT2D eigenvalue weighted by Gasteiger charge is -2.04. The van der Waals surface area contributed by atoms with Gasteiger partial charge in [-0.2, -0.15) is 0 Å². The Morgan fingerprint density at radius 1 is 1.27 bits per heavy atom. The fraction of sp³-hybridized carbons (Fsp3) is 0.217. The lowest BCUT2D eigenvalue weighted by atomic mass is 10.1. The van der Waals surface area contributed by atoms with Crippen molar-refractivity contribution in [1.29, 1.82) is 0 Å². The molecule has 4 aromatic rings. The molecule has 0 saturated carbocycles. The highest BCUT2D eigenvalue weighted by atomic mass is 16.5. The second-order valence-corrected chi connectivity index (χ2v) is 7.14. The van der Waals surface area contributed by atoms with Gasteiger partial charge in [0.1, 0.15) is 11.5 Å². The summed E-state index contributed by atoms with van der Waals surface area (Å²) >= 11 is 0. The van der Waals surface area contributed by atoms with Gasteiger partial charge in [-0.05, 0) is 36.8 Å². The molecular formula is C23H23N3O4. The number of aryl methyl sites for hydroxylation is 2. The summed E-state index contributed by atoms with van der Waals surface area (Å²) in [6.07, 6.45) is 2.28. The first kappa shape index (κ1) is 19.6. The Morgan fingerprint density at radius 3 is 2.83 bits per heavy atom. The van der Waals surface area contributed by atoms with Gasteiger partial charge in [0.15, 0.2) is 11.5 Å². The predicted molar refractivity (Wildman–Crippen MR) is 113 cm³/mol. The standard InChI is InChI=1S/C23H23N3O4/c1-14-18(25-23(30-14)15-8-9-21(29-3)20(27)10-15)12-24-22(28)11-16-13-26(2)19-7-5-4-6-17(16)19/h4-10,13,27H,11-12H2,1-3H3,(H,24,28). The van der Waals surface area contributed by atoms with Crippen LogP contribution in [0, 0.1) is 6.92 Å². The number of hydrogen-bond donors (Lipinski definition) is 2. The maximum atomic E-state index is 12.5. The van der Waals surface area contributed by atoms with Crippen LogP contribution in [0.1, 0.15) is 17.0 Å². The molecule has 0 spiro atoms. The number of benzene rings is 2. The summed E-state index contributed by atoms with van der Waals surface area (Å²) < 4.78 is 12.8. The van der Waals surface area contributed by atoms with Crippen molar-refractivity contribution < 1.29 is 19.1 Å². The van der Waals surface area contributed by atoms with Crippen LogP contribution >= 0.6 is 0 Å². The molecule has 0 unspecified atom stereocenters. The Hall–Kier alpha value is -3.74. The van der Waals surface area contributed by atoms with Gasteiger partial charge in [-0.25, -0.2) is 4.98 Å². The largest absolute Gasteiger partial charge is 0.504 e. The first-order valence-electron chi connectivity index (χ1n) is 9.59. The monoisotopic (exact) mass is 405 g/mol.